The number of nitrogens with two attached hydrogens (primary N) is 1. The summed E-state index contributed by atoms with van der Waals surface area (Å²) in [6, 6.07) is 8.94. The maximum Gasteiger partial charge on any atom is 0.119 e. The van der Waals surface area contributed by atoms with Crippen molar-refractivity contribution in [2.45, 2.75) is 64.5 Å². The summed E-state index contributed by atoms with van der Waals surface area (Å²) in [5.41, 5.74) is 7.17. The molecule has 3 nitrogen and oxygen atoms in total. The molecule has 3 unspecified atom stereocenters. The number of hydrogen-bond acceptors (Lipinski definition) is 3. The van der Waals surface area contributed by atoms with E-state index in [1.165, 1.54) is 44.2 Å². The fourth-order valence-electron chi connectivity index (χ4n) is 3.97. The second-order valence-corrected chi connectivity index (χ2v) is 7.76. The number of anilines is 1. The van der Waals surface area contributed by atoms with Gasteiger partial charge in [-0.2, -0.15) is 0 Å². The molecule has 0 amide bonds. The summed E-state index contributed by atoms with van der Waals surface area (Å²) in [4.78, 5) is 0. The van der Waals surface area contributed by atoms with Crippen LogP contribution in [0.25, 0.3) is 0 Å². The van der Waals surface area contributed by atoms with Crippen molar-refractivity contribution in [3.63, 3.8) is 0 Å². The molecular weight excluding hydrogens is 284 g/mol. The quantitative estimate of drug-likeness (QED) is 0.845. The SMILES string of the molecule is CC1CCC(Oc2ccc(NC[C@H]3CC[C@H](N)CC3)cc2)C1C. The molecule has 2 aliphatic rings. The van der Waals surface area contributed by atoms with Gasteiger partial charge in [0.15, 0.2) is 0 Å². The van der Waals surface area contributed by atoms with E-state index in [4.69, 9.17) is 10.5 Å². The summed E-state index contributed by atoms with van der Waals surface area (Å²) < 4.78 is 6.18. The molecule has 3 atom stereocenters. The van der Waals surface area contributed by atoms with E-state index in [0.29, 0.717) is 18.1 Å². The van der Waals surface area contributed by atoms with Crippen molar-refractivity contribution in [2.24, 2.45) is 23.5 Å². The summed E-state index contributed by atoms with van der Waals surface area (Å²) in [5, 5.41) is 3.57. The molecule has 1 aromatic rings. The van der Waals surface area contributed by atoms with E-state index in [-0.39, 0.29) is 0 Å². The van der Waals surface area contributed by atoms with Crippen LogP contribution < -0.4 is 15.8 Å². The van der Waals surface area contributed by atoms with Gasteiger partial charge >= 0.3 is 0 Å². The first-order chi connectivity index (χ1) is 11.1. The van der Waals surface area contributed by atoms with Crippen LogP contribution in [0.3, 0.4) is 0 Å². The summed E-state index contributed by atoms with van der Waals surface area (Å²) in [6.45, 7) is 5.71. The molecule has 2 fully saturated rings. The van der Waals surface area contributed by atoms with E-state index in [9.17, 15) is 0 Å². The van der Waals surface area contributed by atoms with Gasteiger partial charge in [0, 0.05) is 18.3 Å². The largest absolute Gasteiger partial charge is 0.490 e. The van der Waals surface area contributed by atoms with E-state index in [2.05, 4.69) is 43.4 Å². The van der Waals surface area contributed by atoms with Crippen molar-refractivity contribution in [1.29, 1.82) is 0 Å². The van der Waals surface area contributed by atoms with Gasteiger partial charge in [0.1, 0.15) is 11.9 Å². The Kier molecular flexibility index (Phi) is 5.47. The predicted molar refractivity (Wildman–Crippen MR) is 96.8 cm³/mol. The highest BCUT2D eigenvalue weighted by Crippen LogP contribution is 2.34. The molecule has 3 heteroatoms. The third-order valence-corrected chi connectivity index (χ3v) is 6.02. The first-order valence-corrected chi connectivity index (χ1v) is 9.38. The minimum atomic E-state index is 0.384. The average molecular weight is 316 g/mol. The Hall–Kier alpha value is -1.22. The Bertz CT molecular complexity index is 479. The van der Waals surface area contributed by atoms with Gasteiger partial charge in [-0.3, -0.25) is 0 Å². The van der Waals surface area contributed by atoms with Crippen molar-refractivity contribution in [1.82, 2.24) is 0 Å². The molecule has 0 radical (unpaired) electrons. The molecule has 0 saturated heterocycles. The standard InChI is InChI=1S/C20H32N2O/c1-14-3-12-20(15(14)2)23-19-10-8-18(9-11-19)22-13-16-4-6-17(21)7-5-16/h8-11,14-17,20,22H,3-7,12-13,21H2,1-2H3/t14?,15?,16-,17-,20?. The molecule has 23 heavy (non-hydrogen) atoms. The van der Waals surface area contributed by atoms with Crippen LogP contribution in [0.5, 0.6) is 5.75 Å². The fraction of sp³-hybridized carbons (Fsp3) is 0.700. The normalized spacial score (nSPS) is 34.3. The molecule has 3 N–H and O–H groups in total. The van der Waals surface area contributed by atoms with Crippen molar-refractivity contribution < 1.29 is 4.74 Å². The minimum Gasteiger partial charge on any atom is -0.490 e. The number of ether oxygens (including phenoxy) is 1. The lowest BCUT2D eigenvalue weighted by Crippen LogP contribution is -2.29. The summed E-state index contributed by atoms with van der Waals surface area (Å²) in [6.07, 6.45) is 7.73. The lowest BCUT2D eigenvalue weighted by atomic mass is 9.86. The number of benzene rings is 1. The third kappa shape index (κ3) is 4.41. The van der Waals surface area contributed by atoms with E-state index in [1.807, 2.05) is 0 Å². The zero-order valence-electron chi connectivity index (χ0n) is 14.6. The van der Waals surface area contributed by atoms with Crippen LogP contribution in [0.4, 0.5) is 5.69 Å². The van der Waals surface area contributed by atoms with Gasteiger partial charge in [0.2, 0.25) is 0 Å². The molecule has 2 saturated carbocycles. The number of rotatable bonds is 5. The zero-order chi connectivity index (χ0) is 16.2. The van der Waals surface area contributed by atoms with Gasteiger partial charge in [-0.25, -0.2) is 0 Å². The molecule has 1 aromatic carbocycles. The highest BCUT2D eigenvalue weighted by atomic mass is 16.5. The summed E-state index contributed by atoms with van der Waals surface area (Å²) in [5.74, 6) is 3.21. The van der Waals surface area contributed by atoms with Crippen LogP contribution in [0.2, 0.25) is 0 Å². The molecule has 2 aliphatic carbocycles. The highest BCUT2D eigenvalue weighted by Gasteiger charge is 2.31. The Balaban J connectivity index is 1.45. The molecular formula is C20H32N2O. The number of nitrogens with one attached hydrogen (secondary N) is 1. The van der Waals surface area contributed by atoms with Gasteiger partial charge in [-0.15, -0.1) is 0 Å². The molecule has 0 aliphatic heterocycles. The predicted octanol–water partition coefficient (Wildman–Crippen LogP) is 4.43. The monoisotopic (exact) mass is 316 g/mol. The summed E-state index contributed by atoms with van der Waals surface area (Å²) in [7, 11) is 0. The lowest BCUT2D eigenvalue weighted by molar-refractivity contribution is 0.155. The molecule has 128 valence electrons. The van der Waals surface area contributed by atoms with Crippen molar-refractivity contribution in [3.8, 4) is 5.75 Å². The second-order valence-electron chi connectivity index (χ2n) is 7.76. The molecule has 0 spiro atoms. The fourth-order valence-corrected chi connectivity index (χ4v) is 3.97. The van der Waals surface area contributed by atoms with Gasteiger partial charge in [0.05, 0.1) is 0 Å². The van der Waals surface area contributed by atoms with Gasteiger partial charge in [0.25, 0.3) is 0 Å². The molecule has 0 bridgehead atoms. The van der Waals surface area contributed by atoms with Crippen molar-refractivity contribution >= 4 is 5.69 Å². The maximum absolute atomic E-state index is 6.18. The third-order valence-electron chi connectivity index (χ3n) is 6.02. The first kappa shape index (κ1) is 16.6. The van der Waals surface area contributed by atoms with Crippen LogP contribution in [0, 0.1) is 17.8 Å². The number of hydrogen-bond donors (Lipinski definition) is 2. The first-order valence-electron chi connectivity index (χ1n) is 9.38. The van der Waals surface area contributed by atoms with Crippen LogP contribution in [0.1, 0.15) is 52.4 Å². The van der Waals surface area contributed by atoms with Crippen LogP contribution >= 0.6 is 0 Å². The van der Waals surface area contributed by atoms with Gasteiger partial charge in [-0.1, -0.05) is 13.8 Å². The Morgan fingerprint density at radius 1 is 1.00 bits per heavy atom. The summed E-state index contributed by atoms with van der Waals surface area (Å²) >= 11 is 0. The van der Waals surface area contributed by atoms with Crippen LogP contribution in [-0.4, -0.2) is 18.7 Å². The Labute approximate surface area is 141 Å². The van der Waals surface area contributed by atoms with Gasteiger partial charge < -0.3 is 15.8 Å². The van der Waals surface area contributed by atoms with E-state index in [1.54, 1.807) is 0 Å². The van der Waals surface area contributed by atoms with Crippen molar-refractivity contribution in [3.05, 3.63) is 24.3 Å². The highest BCUT2D eigenvalue weighted by molar-refractivity contribution is 5.46. The molecule has 0 heterocycles. The van der Waals surface area contributed by atoms with E-state index >= 15 is 0 Å². The van der Waals surface area contributed by atoms with Crippen LogP contribution in [-0.2, 0) is 0 Å². The van der Waals surface area contributed by atoms with Crippen molar-refractivity contribution in [2.75, 3.05) is 11.9 Å². The zero-order valence-corrected chi connectivity index (χ0v) is 14.6. The van der Waals surface area contributed by atoms with E-state index < -0.39 is 0 Å². The Morgan fingerprint density at radius 3 is 2.30 bits per heavy atom. The van der Waals surface area contributed by atoms with E-state index in [0.717, 1.165) is 24.1 Å². The topological polar surface area (TPSA) is 47.3 Å². The Morgan fingerprint density at radius 2 is 1.70 bits per heavy atom. The minimum absolute atomic E-state index is 0.384. The smallest absolute Gasteiger partial charge is 0.119 e. The maximum atomic E-state index is 6.18. The van der Waals surface area contributed by atoms with Gasteiger partial charge in [-0.05, 0) is 80.5 Å². The average Bonchev–Trinajstić information content (AvgIpc) is 2.88. The molecule has 0 aromatic heterocycles. The lowest BCUT2D eigenvalue weighted by Gasteiger charge is -2.26. The molecule has 3 rings (SSSR count). The van der Waals surface area contributed by atoms with Crippen LogP contribution in [0.15, 0.2) is 24.3 Å². The second kappa shape index (κ2) is 7.57.